The van der Waals surface area contributed by atoms with E-state index in [9.17, 15) is 0 Å². The Morgan fingerprint density at radius 3 is 0.904 bits per heavy atom. The van der Waals surface area contributed by atoms with Gasteiger partial charge in [0.2, 0.25) is 0 Å². The highest BCUT2D eigenvalue weighted by Gasteiger charge is 2.32. The van der Waals surface area contributed by atoms with Gasteiger partial charge in [-0.15, -0.1) is 0 Å². The van der Waals surface area contributed by atoms with Crippen molar-refractivity contribution in [2.75, 3.05) is 9.80 Å². The van der Waals surface area contributed by atoms with Crippen molar-refractivity contribution in [2.45, 2.75) is 144 Å². The Balaban J connectivity index is 0.989. The van der Waals surface area contributed by atoms with Crippen molar-refractivity contribution in [3.05, 3.63) is 241 Å². The van der Waals surface area contributed by atoms with Crippen LogP contribution in [0.3, 0.4) is 0 Å². The predicted octanol–water partition coefficient (Wildman–Crippen LogP) is 24.5. The van der Waals surface area contributed by atoms with E-state index in [0.717, 1.165) is 11.4 Å². The normalized spacial score (nSPS) is 13.2. The van der Waals surface area contributed by atoms with Crippen molar-refractivity contribution in [1.29, 1.82) is 0 Å². The van der Waals surface area contributed by atoms with Gasteiger partial charge in [0.25, 0.3) is 0 Å². The van der Waals surface area contributed by atoms with Crippen molar-refractivity contribution in [1.82, 2.24) is 8.80 Å². The minimum atomic E-state index is -1.75. The Kier molecular flexibility index (Phi) is 13.9. The second-order valence-corrected chi connectivity index (χ2v) is 43.3. The molecule has 4 heterocycles. The first-order valence-electron chi connectivity index (χ1n) is 34.1. The van der Waals surface area contributed by atoms with Gasteiger partial charge in [0.1, 0.15) is 0 Å². The fourth-order valence-electron chi connectivity index (χ4n) is 15.0. The molecule has 0 saturated carbocycles. The van der Waals surface area contributed by atoms with Gasteiger partial charge in [0.05, 0.1) is 72.0 Å². The van der Waals surface area contributed by atoms with E-state index >= 15 is 0 Å². The molecule has 6 heteroatoms. The number of aromatic nitrogens is 2. The number of nitrogens with zero attached hydrogens (tertiary/aromatic N) is 4. The average Bonchev–Trinajstić information content (AvgIpc) is 1.51. The fourth-order valence-corrected chi connectivity index (χ4v) is 17.4. The van der Waals surface area contributed by atoms with Gasteiger partial charge < -0.3 is 18.6 Å². The summed E-state index contributed by atoms with van der Waals surface area (Å²) >= 11 is 0. The minimum Gasteiger partial charge on any atom is -0.309 e. The molecule has 0 aliphatic heterocycles. The Bertz CT molecular complexity index is 5100. The maximum absolute atomic E-state index is 2.60. The Hall–Kier alpha value is -8.95. The van der Waals surface area contributed by atoms with Gasteiger partial charge in [0.15, 0.2) is 0 Å². The lowest BCUT2D eigenvalue weighted by molar-refractivity contribution is 0.590. The van der Waals surface area contributed by atoms with E-state index in [2.05, 4.69) is 359 Å². The third kappa shape index (κ3) is 9.95. The average molecular weight is 1260 g/mol. The van der Waals surface area contributed by atoms with Crippen LogP contribution in [0.2, 0.25) is 39.3 Å². The largest absolute Gasteiger partial charge is 0.309 e. The Labute approximate surface area is 558 Å². The van der Waals surface area contributed by atoms with E-state index in [-0.39, 0.29) is 21.7 Å². The number of hydrogen-bond donors (Lipinski definition) is 0. The molecule has 0 unspecified atom stereocenters. The van der Waals surface area contributed by atoms with Crippen LogP contribution in [0.25, 0.3) is 98.4 Å². The molecule has 0 fully saturated rings. The van der Waals surface area contributed by atoms with Crippen molar-refractivity contribution in [3.63, 3.8) is 0 Å². The Morgan fingerprint density at radius 2 is 0.585 bits per heavy atom. The lowest BCUT2D eigenvalue weighted by Gasteiger charge is -2.31. The summed E-state index contributed by atoms with van der Waals surface area (Å²) in [7, 11) is -3.49. The molecule has 0 aliphatic rings. The zero-order chi connectivity index (χ0) is 66.1. The third-order valence-electron chi connectivity index (χ3n) is 20.6. The first-order chi connectivity index (χ1) is 44.4. The lowest BCUT2D eigenvalue weighted by atomic mass is 9.86. The number of para-hydroxylation sites is 2. The molecule has 0 bridgehead atoms. The van der Waals surface area contributed by atoms with E-state index in [4.69, 9.17) is 0 Å². The van der Waals surface area contributed by atoms with Crippen molar-refractivity contribution in [3.8, 4) is 22.3 Å². The maximum Gasteiger partial charge on any atom is 0.0776 e. The van der Waals surface area contributed by atoms with Crippen LogP contribution in [-0.4, -0.2) is 24.9 Å². The number of benzene rings is 11. The van der Waals surface area contributed by atoms with Crippen LogP contribution >= 0.6 is 0 Å². The summed E-state index contributed by atoms with van der Waals surface area (Å²) < 4.78 is 5.20. The van der Waals surface area contributed by atoms with Gasteiger partial charge in [-0.3, -0.25) is 0 Å². The third-order valence-corrected chi connectivity index (χ3v) is 24.6. The van der Waals surface area contributed by atoms with Crippen molar-refractivity contribution >= 4 is 137 Å². The zero-order valence-corrected chi connectivity index (χ0v) is 60.6. The highest BCUT2D eigenvalue weighted by atomic mass is 28.3. The summed E-state index contributed by atoms with van der Waals surface area (Å²) in [6, 6.07) is 85.5. The van der Waals surface area contributed by atoms with Gasteiger partial charge in [-0.25, -0.2) is 0 Å². The zero-order valence-electron chi connectivity index (χ0n) is 58.6. The van der Waals surface area contributed by atoms with Gasteiger partial charge >= 0.3 is 0 Å². The van der Waals surface area contributed by atoms with Crippen molar-refractivity contribution < 1.29 is 0 Å². The second kappa shape index (κ2) is 21.3. The second-order valence-electron chi connectivity index (χ2n) is 33.2. The van der Waals surface area contributed by atoms with Gasteiger partial charge in [-0.1, -0.05) is 278 Å². The number of hydrogen-bond acceptors (Lipinski definition) is 2. The molecule has 0 saturated heterocycles. The summed E-state index contributed by atoms with van der Waals surface area (Å²) in [5, 5.41) is 12.9. The molecule has 0 radical (unpaired) electrons. The van der Waals surface area contributed by atoms with E-state index in [1.165, 1.54) is 154 Å². The first kappa shape index (κ1) is 61.2. The van der Waals surface area contributed by atoms with Crippen LogP contribution in [0.1, 0.15) is 105 Å². The van der Waals surface area contributed by atoms with E-state index in [1.54, 1.807) is 0 Å². The molecule has 470 valence electrons. The summed E-state index contributed by atoms with van der Waals surface area (Å²) in [6.45, 7) is 42.5. The standard InChI is InChI=1S/C88H90N4Si2/c1-85(2,3)57-31-27-55(28-32-57)69-51-63(93(13,14)15)43-47-75(69)89(61-39-35-59(36-40-61)87(7,8)9)77-49-45-65-71-53-80-72(54-79(71)91-73-25-21-19-23-67(73)81(77)83(65)91)66-46-50-78(82-68-24-20-22-26-74(68)92(80)84(66)82)90(62-41-37-60(38-42-62)88(10,11)12)76-48-44-64(94(16,17)18)52-70(76)56-29-33-58(34-30-56)86(4,5)6/h19-54H,1-18H3. The molecular formula is C88H90N4Si2. The van der Waals surface area contributed by atoms with Gasteiger partial charge in [-0.05, 0) is 128 Å². The molecule has 0 aliphatic carbocycles. The molecule has 94 heavy (non-hydrogen) atoms. The van der Waals surface area contributed by atoms with Crippen LogP contribution < -0.4 is 20.2 Å². The Morgan fingerprint density at radius 1 is 0.277 bits per heavy atom. The molecule has 0 amide bonds. The molecule has 15 rings (SSSR count). The molecule has 0 spiro atoms. The fraction of sp³-hybridized carbons (Fsp3) is 0.250. The molecule has 15 aromatic rings. The van der Waals surface area contributed by atoms with E-state index in [0.29, 0.717) is 0 Å². The number of fused-ring (bicyclic) bond motifs is 12. The van der Waals surface area contributed by atoms with E-state index < -0.39 is 16.1 Å². The molecule has 0 N–H and O–H groups in total. The highest BCUT2D eigenvalue weighted by molar-refractivity contribution is 6.89. The quantitative estimate of drug-likeness (QED) is 0.127. The maximum atomic E-state index is 2.60. The van der Waals surface area contributed by atoms with Crippen molar-refractivity contribution in [2.24, 2.45) is 0 Å². The molecule has 11 aromatic carbocycles. The molecule has 4 aromatic heterocycles. The lowest BCUT2D eigenvalue weighted by Crippen LogP contribution is -2.37. The summed E-state index contributed by atoms with van der Waals surface area (Å²) in [5.74, 6) is 0. The van der Waals surface area contributed by atoms with Gasteiger partial charge in [0, 0.05) is 65.6 Å². The summed E-state index contributed by atoms with van der Waals surface area (Å²) in [5.41, 5.74) is 24.6. The predicted molar refractivity (Wildman–Crippen MR) is 417 cm³/mol. The first-order valence-corrected chi connectivity index (χ1v) is 41.1. The summed E-state index contributed by atoms with van der Waals surface area (Å²) in [6.07, 6.45) is 0. The van der Waals surface area contributed by atoms with E-state index in [1.807, 2.05) is 0 Å². The topological polar surface area (TPSA) is 15.3 Å². The van der Waals surface area contributed by atoms with Gasteiger partial charge in [-0.2, -0.15) is 0 Å². The number of rotatable bonds is 10. The minimum absolute atomic E-state index is 0.0000396. The van der Waals surface area contributed by atoms with Crippen LogP contribution in [0.15, 0.2) is 218 Å². The van der Waals surface area contributed by atoms with Crippen LogP contribution in [0, 0.1) is 0 Å². The monoisotopic (exact) mass is 1260 g/mol. The van der Waals surface area contributed by atoms with Crippen LogP contribution in [-0.2, 0) is 21.7 Å². The molecule has 0 atom stereocenters. The molecular weight excluding hydrogens is 1170 g/mol. The summed E-state index contributed by atoms with van der Waals surface area (Å²) in [4.78, 5) is 5.16. The highest BCUT2D eigenvalue weighted by Crippen LogP contribution is 2.53. The number of anilines is 6. The molecule has 4 nitrogen and oxygen atoms in total. The SMILES string of the molecule is CC(C)(C)c1ccc(-c2cc([Si](C)(C)C)ccc2N(c2ccc(C(C)(C)C)cc2)c2ccc3c4cc5c(cc4n4c6ccccc6c2c34)c2ccc(N(c3ccc(C(C)(C)C)cc3)c3ccc([Si](C)(C)C)cc3-c3ccc(C(C)(C)C)cc3)c3c4ccccc4n5c23)cc1. The van der Waals surface area contributed by atoms with Crippen LogP contribution in [0.5, 0.6) is 0 Å². The smallest absolute Gasteiger partial charge is 0.0776 e. The van der Waals surface area contributed by atoms with Crippen LogP contribution in [0.4, 0.5) is 34.1 Å².